The molecule has 1 amide bonds. The summed E-state index contributed by atoms with van der Waals surface area (Å²) in [5.41, 5.74) is 0.420. The lowest BCUT2D eigenvalue weighted by Gasteiger charge is -2.15. The second-order valence-electron chi connectivity index (χ2n) is 3.66. The van der Waals surface area contributed by atoms with E-state index in [1.807, 2.05) is 0 Å². The Balaban J connectivity index is 2.27. The Morgan fingerprint density at radius 2 is 2.00 bits per heavy atom. The summed E-state index contributed by atoms with van der Waals surface area (Å²) in [6.07, 6.45) is 2.13. The molecule has 0 bridgehead atoms. The normalized spacial score (nSPS) is 15.7. The van der Waals surface area contributed by atoms with Crippen LogP contribution < -0.4 is 0 Å². The second kappa shape index (κ2) is 4.38. The Hall–Kier alpha value is -0.780. The molecule has 0 aliphatic carbocycles. The maximum Gasteiger partial charge on any atom is 0.257 e. The van der Waals surface area contributed by atoms with Crippen LogP contribution in [0.15, 0.2) is 18.2 Å². The van der Waals surface area contributed by atoms with E-state index in [1.54, 1.807) is 23.1 Å². The first-order valence-electron chi connectivity index (χ1n) is 4.96. The molecule has 2 rings (SSSR count). The average molecular weight is 317 g/mol. The van der Waals surface area contributed by atoms with Gasteiger partial charge in [0.05, 0.1) is 5.56 Å². The quantitative estimate of drug-likeness (QED) is 0.807. The number of phenolic OH excluding ortho intramolecular Hbond substituents is 1. The van der Waals surface area contributed by atoms with Gasteiger partial charge in [0.2, 0.25) is 0 Å². The SMILES string of the molecule is O=C(c1cc(I)ccc1O)N1CCCC1. The van der Waals surface area contributed by atoms with Gasteiger partial charge in [0.25, 0.3) is 5.91 Å². The summed E-state index contributed by atoms with van der Waals surface area (Å²) in [6.45, 7) is 1.62. The molecule has 1 aromatic carbocycles. The number of rotatable bonds is 1. The van der Waals surface area contributed by atoms with Crippen molar-refractivity contribution in [1.29, 1.82) is 0 Å². The van der Waals surface area contributed by atoms with Gasteiger partial charge < -0.3 is 10.0 Å². The van der Waals surface area contributed by atoms with Crippen molar-refractivity contribution < 1.29 is 9.90 Å². The number of phenols is 1. The number of nitrogens with zero attached hydrogens (tertiary/aromatic N) is 1. The van der Waals surface area contributed by atoms with Gasteiger partial charge in [0.1, 0.15) is 5.75 Å². The van der Waals surface area contributed by atoms with Gasteiger partial charge >= 0.3 is 0 Å². The lowest BCUT2D eigenvalue weighted by Crippen LogP contribution is -2.27. The molecule has 1 saturated heterocycles. The van der Waals surface area contributed by atoms with E-state index >= 15 is 0 Å². The number of halogens is 1. The third-order valence-electron chi connectivity index (χ3n) is 2.58. The monoisotopic (exact) mass is 317 g/mol. The van der Waals surface area contributed by atoms with Crippen LogP contribution in [0.5, 0.6) is 5.75 Å². The molecule has 0 unspecified atom stereocenters. The minimum Gasteiger partial charge on any atom is -0.507 e. The van der Waals surface area contributed by atoms with Crippen molar-refractivity contribution in [3.05, 3.63) is 27.3 Å². The fourth-order valence-corrected chi connectivity index (χ4v) is 2.26. The number of benzene rings is 1. The minimum absolute atomic E-state index is 0.0523. The first-order chi connectivity index (χ1) is 7.18. The topological polar surface area (TPSA) is 40.5 Å². The van der Waals surface area contributed by atoms with E-state index in [0.717, 1.165) is 29.5 Å². The molecule has 80 valence electrons. The molecular weight excluding hydrogens is 305 g/mol. The molecule has 1 fully saturated rings. The Morgan fingerprint density at radius 3 is 2.67 bits per heavy atom. The van der Waals surface area contributed by atoms with Gasteiger partial charge in [-0.2, -0.15) is 0 Å². The molecule has 1 aliphatic heterocycles. The van der Waals surface area contributed by atoms with Crippen molar-refractivity contribution in [2.45, 2.75) is 12.8 Å². The van der Waals surface area contributed by atoms with Crippen LogP contribution in [-0.2, 0) is 0 Å². The first kappa shape index (κ1) is 10.7. The summed E-state index contributed by atoms with van der Waals surface area (Å²) in [5, 5.41) is 9.61. The number of carbonyl (C=O) groups excluding carboxylic acids is 1. The van der Waals surface area contributed by atoms with E-state index in [2.05, 4.69) is 22.6 Å². The van der Waals surface area contributed by atoms with Crippen LogP contribution in [0.3, 0.4) is 0 Å². The van der Waals surface area contributed by atoms with Crippen molar-refractivity contribution in [2.24, 2.45) is 0 Å². The summed E-state index contributed by atoms with van der Waals surface area (Å²) in [7, 11) is 0. The van der Waals surface area contributed by atoms with Gasteiger partial charge in [-0.25, -0.2) is 0 Å². The summed E-state index contributed by atoms with van der Waals surface area (Å²) in [5.74, 6) is 0.0239. The van der Waals surface area contributed by atoms with E-state index in [4.69, 9.17) is 0 Å². The lowest BCUT2D eigenvalue weighted by molar-refractivity contribution is 0.0790. The number of hydrogen-bond donors (Lipinski definition) is 1. The molecule has 1 N–H and O–H groups in total. The van der Waals surface area contributed by atoms with E-state index in [-0.39, 0.29) is 11.7 Å². The van der Waals surface area contributed by atoms with Gasteiger partial charge in [-0.1, -0.05) is 0 Å². The molecule has 0 saturated carbocycles. The zero-order chi connectivity index (χ0) is 10.8. The summed E-state index contributed by atoms with van der Waals surface area (Å²) in [6, 6.07) is 5.10. The Labute approximate surface area is 102 Å². The van der Waals surface area contributed by atoms with Crippen molar-refractivity contribution in [3.63, 3.8) is 0 Å². The van der Waals surface area contributed by atoms with Crippen LogP contribution in [0.2, 0.25) is 0 Å². The van der Waals surface area contributed by atoms with Crippen molar-refractivity contribution in [1.82, 2.24) is 4.90 Å². The van der Waals surface area contributed by atoms with Crippen LogP contribution in [0.25, 0.3) is 0 Å². The van der Waals surface area contributed by atoms with Crippen LogP contribution in [0.1, 0.15) is 23.2 Å². The molecule has 3 nitrogen and oxygen atoms in total. The highest BCUT2D eigenvalue weighted by atomic mass is 127. The molecule has 15 heavy (non-hydrogen) atoms. The fourth-order valence-electron chi connectivity index (χ4n) is 1.77. The largest absolute Gasteiger partial charge is 0.507 e. The smallest absolute Gasteiger partial charge is 0.257 e. The fraction of sp³-hybridized carbons (Fsp3) is 0.364. The summed E-state index contributed by atoms with van der Waals surface area (Å²) < 4.78 is 0.966. The van der Waals surface area contributed by atoms with Crippen LogP contribution in [0, 0.1) is 3.57 Å². The van der Waals surface area contributed by atoms with Crippen molar-refractivity contribution >= 4 is 28.5 Å². The molecular formula is C11H12INO2. The molecule has 0 spiro atoms. The number of carbonyl (C=O) groups is 1. The lowest BCUT2D eigenvalue weighted by atomic mass is 10.2. The minimum atomic E-state index is -0.0523. The summed E-state index contributed by atoms with van der Waals surface area (Å²) in [4.78, 5) is 13.8. The number of hydrogen-bond acceptors (Lipinski definition) is 2. The van der Waals surface area contributed by atoms with Gasteiger partial charge in [-0.15, -0.1) is 0 Å². The van der Waals surface area contributed by atoms with Crippen LogP contribution in [-0.4, -0.2) is 29.0 Å². The van der Waals surface area contributed by atoms with Crippen LogP contribution >= 0.6 is 22.6 Å². The van der Waals surface area contributed by atoms with Crippen molar-refractivity contribution in [3.8, 4) is 5.75 Å². The van der Waals surface area contributed by atoms with Crippen LogP contribution in [0.4, 0.5) is 0 Å². The highest BCUT2D eigenvalue weighted by Crippen LogP contribution is 2.22. The van der Waals surface area contributed by atoms with Gasteiger partial charge in [0.15, 0.2) is 0 Å². The number of amides is 1. The molecule has 1 aromatic rings. The molecule has 1 heterocycles. The number of likely N-dealkylation sites (tertiary alicyclic amines) is 1. The van der Waals surface area contributed by atoms with E-state index in [9.17, 15) is 9.90 Å². The molecule has 4 heteroatoms. The average Bonchev–Trinajstić information content (AvgIpc) is 2.74. The van der Waals surface area contributed by atoms with E-state index in [0.29, 0.717) is 5.56 Å². The standard InChI is InChI=1S/C11H12INO2/c12-8-3-4-10(14)9(7-8)11(15)13-5-1-2-6-13/h3-4,7,14H,1-2,5-6H2. The second-order valence-corrected chi connectivity index (χ2v) is 4.91. The number of aromatic hydroxyl groups is 1. The van der Waals surface area contributed by atoms with E-state index < -0.39 is 0 Å². The zero-order valence-electron chi connectivity index (χ0n) is 8.24. The Bertz CT molecular complexity index is 386. The zero-order valence-corrected chi connectivity index (χ0v) is 10.4. The van der Waals surface area contributed by atoms with Gasteiger partial charge in [-0.05, 0) is 53.6 Å². The maximum absolute atomic E-state index is 12.0. The highest BCUT2D eigenvalue weighted by Gasteiger charge is 2.21. The van der Waals surface area contributed by atoms with Crippen molar-refractivity contribution in [2.75, 3.05) is 13.1 Å². The first-order valence-corrected chi connectivity index (χ1v) is 6.04. The molecule has 0 radical (unpaired) electrons. The van der Waals surface area contributed by atoms with Gasteiger partial charge in [0, 0.05) is 16.7 Å². The molecule has 0 aromatic heterocycles. The van der Waals surface area contributed by atoms with Gasteiger partial charge in [-0.3, -0.25) is 4.79 Å². The van der Waals surface area contributed by atoms with E-state index in [1.165, 1.54) is 0 Å². The Morgan fingerprint density at radius 1 is 1.33 bits per heavy atom. The predicted octanol–water partition coefficient (Wildman–Crippen LogP) is 2.23. The molecule has 0 atom stereocenters. The third-order valence-corrected chi connectivity index (χ3v) is 3.25. The predicted molar refractivity (Wildman–Crippen MR) is 66.0 cm³/mol. The maximum atomic E-state index is 12.0. The Kier molecular flexibility index (Phi) is 3.14. The third kappa shape index (κ3) is 2.25. The molecule has 1 aliphatic rings. The summed E-state index contributed by atoms with van der Waals surface area (Å²) >= 11 is 2.14. The highest BCUT2D eigenvalue weighted by molar-refractivity contribution is 14.1.